The smallest absolute Gasteiger partial charge is 0.159 e. The molecule has 0 spiro atoms. The van der Waals surface area contributed by atoms with Crippen LogP contribution in [0.15, 0.2) is 18.2 Å². The quantitative estimate of drug-likeness (QED) is 0.866. The zero-order chi connectivity index (χ0) is 11.6. The maximum atomic E-state index is 13.2. The van der Waals surface area contributed by atoms with Crippen molar-refractivity contribution >= 4 is 12.4 Å². The molecule has 0 unspecified atom stereocenters. The molecule has 1 fully saturated rings. The minimum absolute atomic E-state index is 0. The molecule has 0 saturated heterocycles. The maximum absolute atomic E-state index is 13.2. The van der Waals surface area contributed by atoms with Gasteiger partial charge in [-0.15, -0.1) is 12.4 Å². The molecule has 0 amide bonds. The predicted octanol–water partition coefficient (Wildman–Crippen LogP) is 3.55. The third-order valence-electron chi connectivity index (χ3n) is 3.73. The molecular formula is C13H18ClF2N. The molecule has 0 atom stereocenters. The predicted molar refractivity (Wildman–Crippen MR) is 67.4 cm³/mol. The lowest BCUT2D eigenvalue weighted by Crippen LogP contribution is -2.37. The second-order valence-corrected chi connectivity index (χ2v) is 4.67. The molecule has 96 valence electrons. The molecule has 1 saturated carbocycles. The van der Waals surface area contributed by atoms with E-state index in [9.17, 15) is 8.78 Å². The van der Waals surface area contributed by atoms with Gasteiger partial charge in [0.2, 0.25) is 0 Å². The molecule has 4 heteroatoms. The SMILES string of the molecule is Cl.NCC1(c2ccc(F)c(F)c2)CCCCC1. The van der Waals surface area contributed by atoms with Crippen molar-refractivity contribution in [2.24, 2.45) is 5.73 Å². The van der Waals surface area contributed by atoms with Gasteiger partial charge < -0.3 is 5.73 Å². The second-order valence-electron chi connectivity index (χ2n) is 4.67. The molecule has 17 heavy (non-hydrogen) atoms. The Kier molecular flexibility index (Phi) is 4.90. The fourth-order valence-corrected chi connectivity index (χ4v) is 2.67. The second kappa shape index (κ2) is 5.78. The normalized spacial score (nSPS) is 18.5. The van der Waals surface area contributed by atoms with Crippen LogP contribution in [0.2, 0.25) is 0 Å². The summed E-state index contributed by atoms with van der Waals surface area (Å²) >= 11 is 0. The van der Waals surface area contributed by atoms with E-state index in [1.807, 2.05) is 0 Å². The topological polar surface area (TPSA) is 26.0 Å². The minimum atomic E-state index is -0.785. The highest BCUT2D eigenvalue weighted by molar-refractivity contribution is 5.85. The van der Waals surface area contributed by atoms with Crippen LogP contribution in [-0.4, -0.2) is 6.54 Å². The number of benzene rings is 1. The van der Waals surface area contributed by atoms with E-state index in [1.165, 1.54) is 18.6 Å². The Labute approximate surface area is 107 Å². The lowest BCUT2D eigenvalue weighted by Gasteiger charge is -2.36. The molecule has 0 radical (unpaired) electrons. The summed E-state index contributed by atoms with van der Waals surface area (Å²) in [4.78, 5) is 0. The van der Waals surface area contributed by atoms with Crippen LogP contribution >= 0.6 is 12.4 Å². The minimum Gasteiger partial charge on any atom is -0.330 e. The molecule has 1 aliphatic carbocycles. The van der Waals surface area contributed by atoms with E-state index in [0.29, 0.717) is 6.54 Å². The summed E-state index contributed by atoms with van der Waals surface area (Å²) in [7, 11) is 0. The van der Waals surface area contributed by atoms with Gasteiger partial charge in [0.25, 0.3) is 0 Å². The molecule has 1 aromatic rings. The van der Waals surface area contributed by atoms with Crippen LogP contribution in [0.3, 0.4) is 0 Å². The van der Waals surface area contributed by atoms with E-state index in [2.05, 4.69) is 0 Å². The van der Waals surface area contributed by atoms with Crippen molar-refractivity contribution in [1.82, 2.24) is 0 Å². The van der Waals surface area contributed by atoms with Crippen LogP contribution in [-0.2, 0) is 5.41 Å². The van der Waals surface area contributed by atoms with Gasteiger partial charge in [-0.1, -0.05) is 25.3 Å². The Bertz CT molecular complexity index is 376. The fraction of sp³-hybridized carbons (Fsp3) is 0.538. The molecule has 1 nitrogen and oxygen atoms in total. The number of hydrogen-bond acceptors (Lipinski definition) is 1. The first-order valence-corrected chi connectivity index (χ1v) is 5.83. The summed E-state index contributed by atoms with van der Waals surface area (Å²) in [6.45, 7) is 0.512. The maximum Gasteiger partial charge on any atom is 0.159 e. The molecule has 2 N–H and O–H groups in total. The van der Waals surface area contributed by atoms with Crippen molar-refractivity contribution in [2.45, 2.75) is 37.5 Å². The highest BCUT2D eigenvalue weighted by Crippen LogP contribution is 2.38. The van der Waals surface area contributed by atoms with E-state index in [-0.39, 0.29) is 17.8 Å². The first-order chi connectivity index (χ1) is 7.68. The van der Waals surface area contributed by atoms with Gasteiger partial charge in [-0.25, -0.2) is 8.78 Å². The molecular weight excluding hydrogens is 244 g/mol. The highest BCUT2D eigenvalue weighted by atomic mass is 35.5. The molecule has 0 bridgehead atoms. The van der Waals surface area contributed by atoms with Gasteiger partial charge in [-0.3, -0.25) is 0 Å². The van der Waals surface area contributed by atoms with E-state index in [1.54, 1.807) is 6.07 Å². The zero-order valence-electron chi connectivity index (χ0n) is 9.72. The van der Waals surface area contributed by atoms with Gasteiger partial charge in [0.1, 0.15) is 0 Å². The summed E-state index contributed by atoms with van der Waals surface area (Å²) in [5.74, 6) is -1.55. The average Bonchev–Trinajstić information content (AvgIpc) is 2.33. The lowest BCUT2D eigenvalue weighted by atomic mass is 9.69. The van der Waals surface area contributed by atoms with Gasteiger partial charge in [-0.2, -0.15) is 0 Å². The van der Waals surface area contributed by atoms with Crippen molar-refractivity contribution in [2.75, 3.05) is 6.54 Å². The van der Waals surface area contributed by atoms with Crippen LogP contribution in [0.5, 0.6) is 0 Å². The van der Waals surface area contributed by atoms with Crippen molar-refractivity contribution in [3.63, 3.8) is 0 Å². The van der Waals surface area contributed by atoms with Crippen molar-refractivity contribution in [3.8, 4) is 0 Å². The van der Waals surface area contributed by atoms with E-state index in [0.717, 1.165) is 31.2 Å². The Hall–Kier alpha value is -0.670. The Morgan fingerprint density at radius 3 is 2.24 bits per heavy atom. The Morgan fingerprint density at radius 1 is 1.06 bits per heavy atom. The fourth-order valence-electron chi connectivity index (χ4n) is 2.67. The Balaban J connectivity index is 0.00000144. The van der Waals surface area contributed by atoms with Crippen molar-refractivity contribution < 1.29 is 8.78 Å². The van der Waals surface area contributed by atoms with Gasteiger partial charge >= 0.3 is 0 Å². The van der Waals surface area contributed by atoms with Gasteiger partial charge in [0.15, 0.2) is 11.6 Å². The standard InChI is InChI=1S/C13H17F2N.ClH/c14-11-5-4-10(8-12(11)15)13(9-16)6-2-1-3-7-13;/h4-5,8H,1-3,6-7,9,16H2;1H. The third kappa shape index (κ3) is 2.78. The summed E-state index contributed by atoms with van der Waals surface area (Å²) < 4.78 is 26.1. The van der Waals surface area contributed by atoms with Crippen LogP contribution in [0.25, 0.3) is 0 Å². The van der Waals surface area contributed by atoms with Crippen molar-refractivity contribution in [3.05, 3.63) is 35.4 Å². The Morgan fingerprint density at radius 2 is 1.71 bits per heavy atom. The first-order valence-electron chi connectivity index (χ1n) is 5.83. The van der Waals surface area contributed by atoms with Crippen LogP contribution in [0, 0.1) is 11.6 Å². The largest absolute Gasteiger partial charge is 0.330 e. The molecule has 0 aliphatic heterocycles. The van der Waals surface area contributed by atoms with Gasteiger partial charge in [0.05, 0.1) is 0 Å². The summed E-state index contributed by atoms with van der Waals surface area (Å²) in [6, 6.07) is 4.20. The van der Waals surface area contributed by atoms with Gasteiger partial charge in [0, 0.05) is 12.0 Å². The first kappa shape index (κ1) is 14.4. The van der Waals surface area contributed by atoms with E-state index < -0.39 is 11.6 Å². The molecule has 0 heterocycles. The monoisotopic (exact) mass is 261 g/mol. The van der Waals surface area contributed by atoms with E-state index in [4.69, 9.17) is 5.73 Å². The molecule has 1 aromatic carbocycles. The zero-order valence-corrected chi connectivity index (χ0v) is 10.5. The third-order valence-corrected chi connectivity index (χ3v) is 3.73. The lowest BCUT2D eigenvalue weighted by molar-refractivity contribution is 0.299. The molecule has 2 rings (SSSR count). The molecule has 0 aromatic heterocycles. The van der Waals surface area contributed by atoms with E-state index >= 15 is 0 Å². The number of nitrogens with two attached hydrogens (primary N) is 1. The highest BCUT2D eigenvalue weighted by Gasteiger charge is 2.32. The van der Waals surface area contributed by atoms with Crippen LogP contribution in [0.1, 0.15) is 37.7 Å². The number of rotatable bonds is 2. The van der Waals surface area contributed by atoms with Crippen LogP contribution in [0.4, 0.5) is 8.78 Å². The van der Waals surface area contributed by atoms with Gasteiger partial charge in [-0.05, 0) is 30.5 Å². The number of halogens is 3. The molecule has 1 aliphatic rings. The summed E-state index contributed by atoms with van der Waals surface area (Å²) in [5.41, 5.74) is 6.57. The summed E-state index contributed by atoms with van der Waals surface area (Å²) in [6.07, 6.45) is 5.42. The van der Waals surface area contributed by atoms with Crippen LogP contribution < -0.4 is 5.73 Å². The summed E-state index contributed by atoms with van der Waals surface area (Å²) in [5, 5.41) is 0. The average molecular weight is 262 g/mol. The number of hydrogen-bond donors (Lipinski definition) is 1. The van der Waals surface area contributed by atoms with Crippen molar-refractivity contribution in [1.29, 1.82) is 0 Å².